The molecule has 13 heavy (non-hydrogen) atoms. The Labute approximate surface area is 78.8 Å². The highest BCUT2D eigenvalue weighted by molar-refractivity contribution is 7.94. The molecule has 0 amide bonds. The SMILES string of the molecule is CCCN/C=C(\C=N)S(=O)(=O)NC. The Balaban J connectivity index is 4.51. The third-order valence-electron chi connectivity index (χ3n) is 1.36. The summed E-state index contributed by atoms with van der Waals surface area (Å²) in [6.45, 7) is 2.66. The molecule has 0 aliphatic heterocycles. The largest absolute Gasteiger partial charge is 0.390 e. The first-order valence-electron chi connectivity index (χ1n) is 3.96. The minimum absolute atomic E-state index is 0.0662. The van der Waals surface area contributed by atoms with Gasteiger partial charge in [0.05, 0.1) is 0 Å². The number of hydrogen-bond acceptors (Lipinski definition) is 4. The third kappa shape index (κ3) is 4.05. The Kier molecular flexibility index (Phi) is 5.33. The second-order valence-electron chi connectivity index (χ2n) is 2.35. The van der Waals surface area contributed by atoms with Crippen LogP contribution in [0.3, 0.4) is 0 Å². The van der Waals surface area contributed by atoms with Crippen LogP contribution in [-0.4, -0.2) is 28.2 Å². The number of rotatable bonds is 6. The fraction of sp³-hybridized carbons (Fsp3) is 0.571. The fourth-order valence-corrected chi connectivity index (χ4v) is 1.26. The Morgan fingerprint density at radius 1 is 1.54 bits per heavy atom. The van der Waals surface area contributed by atoms with Crippen molar-refractivity contribution in [3.05, 3.63) is 11.1 Å². The zero-order valence-corrected chi connectivity index (χ0v) is 8.61. The molecular formula is C7H15N3O2S. The molecule has 76 valence electrons. The highest BCUT2D eigenvalue weighted by Gasteiger charge is 2.11. The molecule has 6 heteroatoms. The normalized spacial score (nSPS) is 12.6. The minimum Gasteiger partial charge on any atom is -0.390 e. The van der Waals surface area contributed by atoms with Gasteiger partial charge >= 0.3 is 0 Å². The van der Waals surface area contributed by atoms with Crippen molar-refractivity contribution in [1.82, 2.24) is 10.0 Å². The first-order valence-corrected chi connectivity index (χ1v) is 5.44. The highest BCUT2D eigenvalue weighted by atomic mass is 32.2. The molecule has 0 atom stereocenters. The molecule has 0 saturated carbocycles. The third-order valence-corrected chi connectivity index (χ3v) is 2.75. The van der Waals surface area contributed by atoms with E-state index < -0.39 is 10.0 Å². The summed E-state index contributed by atoms with van der Waals surface area (Å²) in [5, 5.41) is 9.70. The summed E-state index contributed by atoms with van der Waals surface area (Å²) in [7, 11) is -2.17. The van der Waals surface area contributed by atoms with Gasteiger partial charge in [-0.2, -0.15) is 0 Å². The van der Waals surface area contributed by atoms with Crippen LogP contribution in [-0.2, 0) is 10.0 Å². The van der Waals surface area contributed by atoms with E-state index in [2.05, 4.69) is 10.0 Å². The van der Waals surface area contributed by atoms with Gasteiger partial charge in [0.15, 0.2) is 0 Å². The maximum Gasteiger partial charge on any atom is 0.243 e. The first kappa shape index (κ1) is 12.1. The molecule has 0 heterocycles. The predicted octanol–water partition coefficient (Wildman–Crippen LogP) is 0.0262. The van der Waals surface area contributed by atoms with Crippen LogP contribution in [0.1, 0.15) is 13.3 Å². The van der Waals surface area contributed by atoms with Crippen LogP contribution in [0.15, 0.2) is 11.1 Å². The molecule has 0 aliphatic carbocycles. The van der Waals surface area contributed by atoms with Crippen molar-refractivity contribution in [3.63, 3.8) is 0 Å². The van der Waals surface area contributed by atoms with Gasteiger partial charge in [0.25, 0.3) is 0 Å². The van der Waals surface area contributed by atoms with Crippen molar-refractivity contribution in [3.8, 4) is 0 Å². The van der Waals surface area contributed by atoms with Crippen molar-refractivity contribution < 1.29 is 8.42 Å². The van der Waals surface area contributed by atoms with Crippen LogP contribution < -0.4 is 10.0 Å². The van der Waals surface area contributed by atoms with Crippen LogP contribution in [0, 0.1) is 5.41 Å². The quantitative estimate of drug-likeness (QED) is 0.422. The van der Waals surface area contributed by atoms with E-state index in [-0.39, 0.29) is 4.91 Å². The zero-order valence-electron chi connectivity index (χ0n) is 7.79. The molecule has 0 fully saturated rings. The molecule has 0 aromatic rings. The van der Waals surface area contributed by atoms with Crippen molar-refractivity contribution >= 4 is 16.2 Å². The van der Waals surface area contributed by atoms with Gasteiger partial charge in [-0.3, -0.25) is 0 Å². The Hall–Kier alpha value is -0.880. The molecule has 0 unspecified atom stereocenters. The summed E-state index contributed by atoms with van der Waals surface area (Å²) in [5.41, 5.74) is 0. The summed E-state index contributed by atoms with van der Waals surface area (Å²) in [6, 6.07) is 0. The minimum atomic E-state index is -3.49. The fourth-order valence-electron chi connectivity index (χ4n) is 0.632. The van der Waals surface area contributed by atoms with Crippen molar-refractivity contribution in [1.29, 1.82) is 5.41 Å². The van der Waals surface area contributed by atoms with Gasteiger partial charge in [-0.25, -0.2) is 13.1 Å². The van der Waals surface area contributed by atoms with Crippen LogP contribution in [0.4, 0.5) is 0 Å². The van der Waals surface area contributed by atoms with E-state index in [1.54, 1.807) is 0 Å². The summed E-state index contributed by atoms with van der Waals surface area (Å²) < 4.78 is 24.4. The van der Waals surface area contributed by atoms with Crippen LogP contribution in [0.2, 0.25) is 0 Å². The van der Waals surface area contributed by atoms with Crippen LogP contribution >= 0.6 is 0 Å². The molecular weight excluding hydrogens is 190 g/mol. The first-order chi connectivity index (χ1) is 6.08. The molecule has 0 rings (SSSR count). The molecule has 0 aromatic carbocycles. The van der Waals surface area contributed by atoms with Gasteiger partial charge < -0.3 is 10.7 Å². The molecule has 0 radical (unpaired) electrons. The zero-order chi connectivity index (χ0) is 10.3. The summed E-state index contributed by atoms with van der Waals surface area (Å²) in [5.74, 6) is 0. The van der Waals surface area contributed by atoms with E-state index in [1.807, 2.05) is 6.92 Å². The number of nitrogens with one attached hydrogen (secondary N) is 3. The standard InChI is InChI=1S/C7H15N3O2S/c1-3-4-10-6-7(5-8)13(11,12)9-2/h5-6,8-10H,3-4H2,1-2H3/b7-6+,8-5?. The van der Waals surface area contributed by atoms with E-state index in [4.69, 9.17) is 5.41 Å². The van der Waals surface area contributed by atoms with E-state index >= 15 is 0 Å². The summed E-state index contributed by atoms with van der Waals surface area (Å²) in [4.78, 5) is -0.0662. The maximum atomic E-state index is 11.2. The van der Waals surface area contributed by atoms with E-state index in [0.29, 0.717) is 6.54 Å². The monoisotopic (exact) mass is 205 g/mol. The Morgan fingerprint density at radius 2 is 2.15 bits per heavy atom. The molecule has 0 bridgehead atoms. The molecule has 0 aliphatic rings. The lowest BCUT2D eigenvalue weighted by atomic mass is 10.5. The molecule has 0 aromatic heterocycles. The molecule has 0 saturated heterocycles. The summed E-state index contributed by atoms with van der Waals surface area (Å²) >= 11 is 0. The van der Waals surface area contributed by atoms with Gasteiger partial charge in [0, 0.05) is 19.0 Å². The van der Waals surface area contributed by atoms with Gasteiger partial charge in [-0.05, 0) is 13.5 Å². The second-order valence-corrected chi connectivity index (χ2v) is 4.24. The van der Waals surface area contributed by atoms with Gasteiger partial charge in [0.2, 0.25) is 10.0 Å². The molecule has 5 nitrogen and oxygen atoms in total. The van der Waals surface area contributed by atoms with Gasteiger partial charge in [0.1, 0.15) is 4.91 Å². The van der Waals surface area contributed by atoms with Gasteiger partial charge in [-0.15, -0.1) is 0 Å². The summed E-state index contributed by atoms with van der Waals surface area (Å²) in [6.07, 6.45) is 3.03. The predicted molar refractivity (Wildman–Crippen MR) is 53.1 cm³/mol. The van der Waals surface area contributed by atoms with Crippen molar-refractivity contribution in [2.45, 2.75) is 13.3 Å². The van der Waals surface area contributed by atoms with E-state index in [1.165, 1.54) is 13.2 Å². The van der Waals surface area contributed by atoms with E-state index in [9.17, 15) is 8.42 Å². The topological polar surface area (TPSA) is 82.1 Å². The average molecular weight is 205 g/mol. The van der Waals surface area contributed by atoms with Gasteiger partial charge in [-0.1, -0.05) is 6.92 Å². The van der Waals surface area contributed by atoms with Crippen LogP contribution in [0.5, 0.6) is 0 Å². The average Bonchev–Trinajstić information content (AvgIpc) is 2.12. The van der Waals surface area contributed by atoms with Crippen molar-refractivity contribution in [2.24, 2.45) is 0 Å². The molecule has 3 N–H and O–H groups in total. The van der Waals surface area contributed by atoms with E-state index in [0.717, 1.165) is 12.6 Å². The lowest BCUT2D eigenvalue weighted by molar-refractivity contribution is 0.595. The smallest absolute Gasteiger partial charge is 0.243 e. The Morgan fingerprint density at radius 3 is 2.54 bits per heavy atom. The lowest BCUT2D eigenvalue weighted by Gasteiger charge is -2.02. The van der Waals surface area contributed by atoms with Crippen molar-refractivity contribution in [2.75, 3.05) is 13.6 Å². The number of sulfonamides is 1. The lowest BCUT2D eigenvalue weighted by Crippen LogP contribution is -2.23. The maximum absolute atomic E-state index is 11.2. The number of hydrogen-bond donors (Lipinski definition) is 3. The molecule has 0 spiro atoms. The Bertz CT molecular complexity index is 282. The van der Waals surface area contributed by atoms with Crippen LogP contribution in [0.25, 0.3) is 0 Å². The second kappa shape index (κ2) is 5.71. The number of allylic oxidation sites excluding steroid dienone is 1. The highest BCUT2D eigenvalue weighted by Crippen LogP contribution is 1.97.